The van der Waals surface area contributed by atoms with Gasteiger partial charge in [0.1, 0.15) is 0 Å². The van der Waals surface area contributed by atoms with E-state index in [-0.39, 0.29) is 24.5 Å². The van der Waals surface area contributed by atoms with Crippen LogP contribution in [-0.2, 0) is 19.6 Å². The molecule has 1 saturated heterocycles. The second-order valence-electron chi connectivity index (χ2n) is 5.90. The van der Waals surface area contributed by atoms with Gasteiger partial charge in [-0.1, -0.05) is 34.1 Å². The molecule has 1 aliphatic heterocycles. The van der Waals surface area contributed by atoms with Crippen molar-refractivity contribution in [1.82, 2.24) is 9.21 Å². The molecule has 0 radical (unpaired) electrons. The van der Waals surface area contributed by atoms with Crippen molar-refractivity contribution in [2.45, 2.75) is 12.8 Å². The summed E-state index contributed by atoms with van der Waals surface area (Å²) in [6.07, 6.45) is 4.66. The van der Waals surface area contributed by atoms with Gasteiger partial charge >= 0.3 is 0 Å². The number of ketones is 1. The molecule has 1 amide bonds. The summed E-state index contributed by atoms with van der Waals surface area (Å²) in [4.78, 5) is 25.7. The van der Waals surface area contributed by atoms with E-state index in [2.05, 4.69) is 15.9 Å². The molecule has 0 saturated carbocycles. The fraction of sp³-hybridized carbons (Fsp3) is 0.412. The Labute approximate surface area is 156 Å². The average Bonchev–Trinajstić information content (AvgIpc) is 2.57. The summed E-state index contributed by atoms with van der Waals surface area (Å²) in [6.45, 7) is 1.35. The first-order chi connectivity index (χ1) is 11.8. The molecule has 0 bridgehead atoms. The Hall–Kier alpha value is -1.51. The highest BCUT2D eigenvalue weighted by Crippen LogP contribution is 2.13. The van der Waals surface area contributed by atoms with Crippen molar-refractivity contribution < 1.29 is 18.0 Å². The van der Waals surface area contributed by atoms with Crippen molar-refractivity contribution >= 4 is 43.7 Å². The van der Waals surface area contributed by atoms with Gasteiger partial charge in [-0.05, 0) is 23.8 Å². The number of carbonyl (C=O) groups is 2. The van der Waals surface area contributed by atoms with Gasteiger partial charge in [0, 0.05) is 43.5 Å². The zero-order chi connectivity index (χ0) is 18.4. The maximum atomic E-state index is 12.2. The maximum Gasteiger partial charge on any atom is 0.223 e. The summed E-state index contributed by atoms with van der Waals surface area (Å²) in [6, 6.07) is 7.58. The van der Waals surface area contributed by atoms with E-state index in [1.807, 2.05) is 24.3 Å². The molecule has 1 aromatic carbocycles. The number of hydrogen-bond donors (Lipinski definition) is 0. The maximum absolute atomic E-state index is 12.2. The van der Waals surface area contributed by atoms with Gasteiger partial charge < -0.3 is 4.90 Å². The molecule has 0 atom stereocenters. The summed E-state index contributed by atoms with van der Waals surface area (Å²) in [7, 11) is -3.21. The number of rotatable bonds is 6. The third kappa shape index (κ3) is 6.37. The number of allylic oxidation sites excluding steroid dienone is 1. The first-order valence-electron chi connectivity index (χ1n) is 7.95. The summed E-state index contributed by atoms with van der Waals surface area (Å²) >= 11 is 3.37. The Morgan fingerprint density at radius 2 is 1.84 bits per heavy atom. The lowest BCUT2D eigenvalue weighted by Gasteiger charge is -2.33. The van der Waals surface area contributed by atoms with Gasteiger partial charge in [-0.2, -0.15) is 4.31 Å². The minimum absolute atomic E-state index is 0.108. The molecule has 8 heteroatoms. The number of halogens is 1. The smallest absolute Gasteiger partial charge is 0.223 e. The Morgan fingerprint density at radius 1 is 1.16 bits per heavy atom. The molecule has 0 spiro atoms. The highest BCUT2D eigenvalue weighted by atomic mass is 79.9. The highest BCUT2D eigenvalue weighted by Gasteiger charge is 2.25. The summed E-state index contributed by atoms with van der Waals surface area (Å²) in [5.74, 6) is -0.222. The summed E-state index contributed by atoms with van der Waals surface area (Å²) in [5, 5.41) is 0. The van der Waals surface area contributed by atoms with Crippen molar-refractivity contribution in [3.8, 4) is 0 Å². The van der Waals surface area contributed by atoms with Crippen molar-refractivity contribution in [1.29, 1.82) is 0 Å². The zero-order valence-electron chi connectivity index (χ0n) is 14.0. The standard InChI is InChI=1S/C17H21BrN2O4S/c1-25(23,24)20-11-9-19(10-12-20)17(22)8-7-16(21)6-5-14-3-2-4-15(18)13-14/h2-6,13H,7-12H2,1H3/b6-5+. The molecule has 0 unspecified atom stereocenters. The SMILES string of the molecule is CS(=O)(=O)N1CCN(C(=O)CCC(=O)/C=C/c2cccc(Br)c2)CC1. The average molecular weight is 429 g/mol. The van der Waals surface area contributed by atoms with E-state index in [1.165, 1.54) is 16.6 Å². The fourth-order valence-corrected chi connectivity index (χ4v) is 3.78. The van der Waals surface area contributed by atoms with Crippen LogP contribution in [0.15, 0.2) is 34.8 Å². The Morgan fingerprint density at radius 3 is 2.44 bits per heavy atom. The number of piperazine rings is 1. The van der Waals surface area contributed by atoms with Crippen LogP contribution in [0, 0.1) is 0 Å². The molecule has 0 N–H and O–H groups in total. The zero-order valence-corrected chi connectivity index (χ0v) is 16.4. The van der Waals surface area contributed by atoms with E-state index in [1.54, 1.807) is 11.0 Å². The molecule has 2 rings (SSSR count). The third-order valence-electron chi connectivity index (χ3n) is 3.96. The topological polar surface area (TPSA) is 74.8 Å². The van der Waals surface area contributed by atoms with Crippen LogP contribution in [0.5, 0.6) is 0 Å². The van der Waals surface area contributed by atoms with Crippen LogP contribution in [0.25, 0.3) is 6.08 Å². The predicted octanol–water partition coefficient (Wildman–Crippen LogP) is 1.92. The Bertz CT molecular complexity index is 769. The van der Waals surface area contributed by atoms with Crippen molar-refractivity contribution in [2.24, 2.45) is 0 Å². The normalized spacial score (nSPS) is 16.3. The third-order valence-corrected chi connectivity index (χ3v) is 5.75. The van der Waals surface area contributed by atoms with Crippen LogP contribution >= 0.6 is 15.9 Å². The van der Waals surface area contributed by atoms with Crippen molar-refractivity contribution in [3.05, 3.63) is 40.4 Å². The monoisotopic (exact) mass is 428 g/mol. The van der Waals surface area contributed by atoms with Gasteiger partial charge in [0.2, 0.25) is 15.9 Å². The molecule has 1 aromatic rings. The number of sulfonamides is 1. The summed E-state index contributed by atoms with van der Waals surface area (Å²) < 4.78 is 25.2. The minimum Gasteiger partial charge on any atom is -0.340 e. The lowest BCUT2D eigenvalue weighted by atomic mass is 10.1. The first-order valence-corrected chi connectivity index (χ1v) is 10.6. The second-order valence-corrected chi connectivity index (χ2v) is 8.80. The van der Waals surface area contributed by atoms with E-state index in [0.717, 1.165) is 10.0 Å². The molecule has 25 heavy (non-hydrogen) atoms. The summed E-state index contributed by atoms with van der Waals surface area (Å²) in [5.41, 5.74) is 0.908. The van der Waals surface area contributed by atoms with Gasteiger partial charge in [0.05, 0.1) is 6.26 Å². The molecule has 1 heterocycles. The van der Waals surface area contributed by atoms with E-state index in [4.69, 9.17) is 0 Å². The molecule has 6 nitrogen and oxygen atoms in total. The number of hydrogen-bond acceptors (Lipinski definition) is 4. The highest BCUT2D eigenvalue weighted by molar-refractivity contribution is 9.10. The van der Waals surface area contributed by atoms with Crippen LogP contribution in [0.4, 0.5) is 0 Å². The molecule has 136 valence electrons. The predicted molar refractivity (Wildman–Crippen MR) is 100 cm³/mol. The molecule has 0 aliphatic carbocycles. The lowest BCUT2D eigenvalue weighted by Crippen LogP contribution is -2.50. The largest absolute Gasteiger partial charge is 0.340 e. The van der Waals surface area contributed by atoms with Gasteiger partial charge in [-0.3, -0.25) is 9.59 Å². The molecular weight excluding hydrogens is 408 g/mol. The molecule has 1 fully saturated rings. The van der Waals surface area contributed by atoms with Crippen molar-refractivity contribution in [3.63, 3.8) is 0 Å². The molecule has 1 aliphatic rings. The van der Waals surface area contributed by atoms with Gasteiger partial charge in [0.25, 0.3) is 0 Å². The van der Waals surface area contributed by atoms with Crippen LogP contribution in [0.3, 0.4) is 0 Å². The number of nitrogens with zero attached hydrogens (tertiary/aromatic N) is 2. The van der Waals surface area contributed by atoms with Crippen molar-refractivity contribution in [2.75, 3.05) is 32.4 Å². The number of benzene rings is 1. The van der Waals surface area contributed by atoms with Gasteiger partial charge in [-0.15, -0.1) is 0 Å². The van der Waals surface area contributed by atoms with Crippen LogP contribution in [0.1, 0.15) is 18.4 Å². The van der Waals surface area contributed by atoms with E-state index < -0.39 is 10.0 Å². The molecular formula is C17H21BrN2O4S. The lowest BCUT2D eigenvalue weighted by molar-refractivity contribution is -0.133. The Kier molecular flexibility index (Phi) is 6.92. The van der Waals surface area contributed by atoms with E-state index in [0.29, 0.717) is 26.2 Å². The first kappa shape index (κ1) is 19.8. The fourth-order valence-electron chi connectivity index (χ4n) is 2.54. The van der Waals surface area contributed by atoms with Gasteiger partial charge in [0.15, 0.2) is 5.78 Å². The minimum atomic E-state index is -3.21. The quantitative estimate of drug-likeness (QED) is 0.648. The number of amides is 1. The van der Waals surface area contributed by atoms with E-state index >= 15 is 0 Å². The molecule has 0 aromatic heterocycles. The Balaban J connectivity index is 1.77. The van der Waals surface area contributed by atoms with Crippen LogP contribution in [-0.4, -0.2) is 61.7 Å². The van der Waals surface area contributed by atoms with E-state index in [9.17, 15) is 18.0 Å². The second kappa shape index (κ2) is 8.73. The van der Waals surface area contributed by atoms with Gasteiger partial charge in [-0.25, -0.2) is 8.42 Å². The van der Waals surface area contributed by atoms with Crippen LogP contribution in [0.2, 0.25) is 0 Å². The number of carbonyl (C=O) groups excluding carboxylic acids is 2. The van der Waals surface area contributed by atoms with Crippen LogP contribution < -0.4 is 0 Å².